The second kappa shape index (κ2) is 7.31. The lowest BCUT2D eigenvalue weighted by Gasteiger charge is -2.09. The van der Waals surface area contributed by atoms with Gasteiger partial charge in [-0.25, -0.2) is 4.79 Å². The maximum absolute atomic E-state index is 12.1. The fraction of sp³-hybridized carbons (Fsp3) is 0.353. The quantitative estimate of drug-likeness (QED) is 0.595. The summed E-state index contributed by atoms with van der Waals surface area (Å²) in [4.78, 5) is 12.1. The molecule has 2 aromatic rings. The van der Waals surface area contributed by atoms with Crippen LogP contribution in [0.4, 0.5) is 10.7 Å². The Bertz CT molecular complexity index is 664. The summed E-state index contributed by atoms with van der Waals surface area (Å²) in [6.45, 7) is 6.48. The van der Waals surface area contributed by atoms with E-state index in [-0.39, 0.29) is 11.3 Å². The van der Waals surface area contributed by atoms with E-state index in [1.54, 1.807) is 5.38 Å². The molecule has 0 amide bonds. The summed E-state index contributed by atoms with van der Waals surface area (Å²) in [5.74, 6) is -0.531. The number of rotatable bonds is 6. The predicted octanol–water partition coefficient (Wildman–Crippen LogP) is 4.77. The summed E-state index contributed by atoms with van der Waals surface area (Å²) in [5.41, 5.74) is 3.46. The Morgan fingerprint density at radius 2 is 2.09 bits per heavy atom. The zero-order valence-electron chi connectivity index (χ0n) is 13.1. The van der Waals surface area contributed by atoms with Crippen molar-refractivity contribution >= 4 is 28.0 Å². The topological polar surface area (TPSA) is 58.6 Å². The molecule has 0 saturated carbocycles. The highest BCUT2D eigenvalue weighted by Crippen LogP contribution is 2.36. The molecule has 0 spiro atoms. The lowest BCUT2D eigenvalue weighted by Crippen LogP contribution is -2.07. The van der Waals surface area contributed by atoms with Gasteiger partial charge < -0.3 is 15.2 Å². The second-order valence-electron chi connectivity index (χ2n) is 5.24. The van der Waals surface area contributed by atoms with Crippen molar-refractivity contribution in [1.29, 1.82) is 0 Å². The van der Waals surface area contributed by atoms with Crippen LogP contribution in [0.2, 0.25) is 0 Å². The number of aromatic hydroxyl groups is 1. The number of hydrogen-bond acceptors (Lipinski definition) is 5. The number of carbonyl (C=O) groups excluding carboxylic acids is 1. The van der Waals surface area contributed by atoms with Crippen LogP contribution >= 0.6 is 11.3 Å². The molecule has 118 valence electrons. The van der Waals surface area contributed by atoms with E-state index < -0.39 is 5.97 Å². The smallest absolute Gasteiger partial charge is 0.344 e. The molecule has 0 aliphatic rings. The molecule has 0 radical (unpaired) electrons. The second-order valence-corrected chi connectivity index (χ2v) is 6.12. The fourth-order valence-corrected chi connectivity index (χ4v) is 2.80. The molecule has 22 heavy (non-hydrogen) atoms. The Hall–Kier alpha value is -2.01. The highest BCUT2D eigenvalue weighted by atomic mass is 32.1. The van der Waals surface area contributed by atoms with Crippen molar-refractivity contribution in [2.24, 2.45) is 0 Å². The van der Waals surface area contributed by atoms with Gasteiger partial charge in [0.25, 0.3) is 0 Å². The molecule has 2 N–H and O–H groups in total. The summed E-state index contributed by atoms with van der Waals surface area (Å²) in [6.07, 6.45) is 1.77. The Kier molecular flexibility index (Phi) is 5.44. The highest BCUT2D eigenvalue weighted by molar-refractivity contribution is 7.15. The van der Waals surface area contributed by atoms with E-state index in [1.807, 2.05) is 39.0 Å². The highest BCUT2D eigenvalue weighted by Gasteiger charge is 2.20. The first kappa shape index (κ1) is 16.4. The molecule has 0 unspecified atom stereocenters. The maximum Gasteiger partial charge on any atom is 0.344 e. The molecule has 0 atom stereocenters. The van der Waals surface area contributed by atoms with Gasteiger partial charge in [-0.1, -0.05) is 19.4 Å². The fourth-order valence-electron chi connectivity index (χ4n) is 1.97. The van der Waals surface area contributed by atoms with Crippen molar-refractivity contribution in [1.82, 2.24) is 0 Å². The number of hydrogen-bond donors (Lipinski definition) is 2. The maximum atomic E-state index is 12.1. The number of carbonyl (C=O) groups is 1. The van der Waals surface area contributed by atoms with Gasteiger partial charge in [-0.3, -0.25) is 0 Å². The first-order chi connectivity index (χ1) is 10.5. The van der Waals surface area contributed by atoms with Crippen molar-refractivity contribution in [2.45, 2.75) is 33.6 Å². The van der Waals surface area contributed by atoms with Crippen molar-refractivity contribution < 1.29 is 14.6 Å². The van der Waals surface area contributed by atoms with Gasteiger partial charge in [0.15, 0.2) is 0 Å². The normalized spacial score (nSPS) is 10.5. The monoisotopic (exact) mass is 319 g/mol. The minimum absolute atomic E-state index is 0.0437. The minimum Gasteiger partial charge on any atom is -0.506 e. The van der Waals surface area contributed by atoms with Gasteiger partial charge in [-0.15, -0.1) is 11.3 Å². The summed E-state index contributed by atoms with van der Waals surface area (Å²) in [7, 11) is 0. The number of benzene rings is 1. The van der Waals surface area contributed by atoms with Crippen LogP contribution in [0, 0.1) is 13.8 Å². The van der Waals surface area contributed by atoms with Crippen LogP contribution in [0.25, 0.3) is 0 Å². The Balaban J connectivity index is 2.18. The number of unbranched alkanes of at least 4 members (excludes halogenated alkanes) is 1. The lowest BCUT2D eigenvalue weighted by atomic mass is 10.1. The Morgan fingerprint density at radius 3 is 2.77 bits per heavy atom. The molecule has 0 bridgehead atoms. The standard InChI is InChI=1S/C17H21NO3S/c1-4-5-8-21-17(20)15-14(19)10-22-16(15)18-13-7-6-11(2)12(3)9-13/h6-7,9-10,18-19H,4-5,8H2,1-3H3. The first-order valence-electron chi connectivity index (χ1n) is 7.34. The molecule has 0 fully saturated rings. The van der Waals surface area contributed by atoms with Gasteiger partial charge in [-0.2, -0.15) is 0 Å². The van der Waals surface area contributed by atoms with Crippen molar-refractivity contribution in [2.75, 3.05) is 11.9 Å². The zero-order chi connectivity index (χ0) is 16.1. The van der Waals surface area contributed by atoms with Gasteiger partial charge in [-0.05, 0) is 43.5 Å². The molecular formula is C17H21NO3S. The number of anilines is 2. The largest absolute Gasteiger partial charge is 0.506 e. The van der Waals surface area contributed by atoms with Crippen LogP contribution in [-0.4, -0.2) is 17.7 Å². The minimum atomic E-state index is -0.487. The molecular weight excluding hydrogens is 298 g/mol. The van der Waals surface area contributed by atoms with Crippen LogP contribution < -0.4 is 5.32 Å². The molecule has 5 heteroatoms. The number of nitrogens with one attached hydrogen (secondary N) is 1. The van der Waals surface area contributed by atoms with E-state index in [0.29, 0.717) is 11.6 Å². The van der Waals surface area contributed by atoms with Crippen LogP contribution in [0.15, 0.2) is 23.6 Å². The zero-order valence-corrected chi connectivity index (χ0v) is 13.9. The van der Waals surface area contributed by atoms with Gasteiger partial charge in [0, 0.05) is 11.1 Å². The van der Waals surface area contributed by atoms with Crippen LogP contribution in [0.1, 0.15) is 41.3 Å². The SMILES string of the molecule is CCCCOC(=O)c1c(O)csc1Nc1ccc(C)c(C)c1. The molecule has 1 heterocycles. The number of aryl methyl sites for hydroxylation is 2. The lowest BCUT2D eigenvalue weighted by molar-refractivity contribution is 0.0498. The van der Waals surface area contributed by atoms with Gasteiger partial charge in [0.05, 0.1) is 6.61 Å². The molecule has 0 saturated heterocycles. The van der Waals surface area contributed by atoms with Crippen molar-refractivity contribution in [3.63, 3.8) is 0 Å². The predicted molar refractivity (Wildman–Crippen MR) is 90.4 cm³/mol. The van der Waals surface area contributed by atoms with Gasteiger partial charge >= 0.3 is 5.97 Å². The number of ether oxygens (including phenoxy) is 1. The molecule has 1 aromatic heterocycles. The van der Waals surface area contributed by atoms with Gasteiger partial charge in [0.1, 0.15) is 16.3 Å². The molecule has 0 aliphatic carbocycles. The third-order valence-corrected chi connectivity index (χ3v) is 4.35. The van der Waals surface area contributed by atoms with E-state index in [2.05, 4.69) is 5.32 Å². The Morgan fingerprint density at radius 1 is 1.32 bits per heavy atom. The van der Waals surface area contributed by atoms with E-state index in [4.69, 9.17) is 4.74 Å². The van der Waals surface area contributed by atoms with E-state index in [0.717, 1.165) is 24.1 Å². The van der Waals surface area contributed by atoms with E-state index >= 15 is 0 Å². The van der Waals surface area contributed by atoms with Crippen LogP contribution in [0.3, 0.4) is 0 Å². The molecule has 2 rings (SSSR count). The van der Waals surface area contributed by atoms with Crippen molar-refractivity contribution in [3.05, 3.63) is 40.3 Å². The molecule has 4 nitrogen and oxygen atoms in total. The van der Waals surface area contributed by atoms with Crippen LogP contribution in [0.5, 0.6) is 5.75 Å². The molecule has 0 aliphatic heterocycles. The third-order valence-electron chi connectivity index (χ3n) is 3.47. The summed E-state index contributed by atoms with van der Waals surface area (Å²) < 4.78 is 5.20. The van der Waals surface area contributed by atoms with E-state index in [1.165, 1.54) is 16.9 Å². The van der Waals surface area contributed by atoms with Crippen molar-refractivity contribution in [3.8, 4) is 5.75 Å². The third kappa shape index (κ3) is 3.80. The summed E-state index contributed by atoms with van der Waals surface area (Å²) in [6, 6.07) is 5.98. The molecule has 1 aromatic carbocycles. The van der Waals surface area contributed by atoms with Gasteiger partial charge in [0.2, 0.25) is 0 Å². The van der Waals surface area contributed by atoms with Crippen LogP contribution in [-0.2, 0) is 4.74 Å². The summed E-state index contributed by atoms with van der Waals surface area (Å²) in [5, 5.41) is 15.2. The average Bonchev–Trinajstić information content (AvgIpc) is 2.84. The first-order valence-corrected chi connectivity index (χ1v) is 8.22. The summed E-state index contributed by atoms with van der Waals surface area (Å²) >= 11 is 1.29. The Labute approximate surface area is 134 Å². The van der Waals surface area contributed by atoms with E-state index in [9.17, 15) is 9.90 Å². The average molecular weight is 319 g/mol. The number of thiophene rings is 1. The number of esters is 1.